The first-order valence-corrected chi connectivity index (χ1v) is 12.6. The zero-order valence-electron chi connectivity index (χ0n) is 22.2. The number of ether oxygens (including phenoxy) is 2. The number of rotatable bonds is 12. The highest BCUT2D eigenvalue weighted by Gasteiger charge is 2.34. The van der Waals surface area contributed by atoms with Crippen LogP contribution in [0.5, 0.6) is 5.75 Å². The largest absolute Gasteiger partial charge is 0.497 e. The number of carbonyl (C=O) groups excluding carboxylic acids is 1. The summed E-state index contributed by atoms with van der Waals surface area (Å²) in [5.74, 6) is -0.475. The fourth-order valence-electron chi connectivity index (χ4n) is 4.62. The van der Waals surface area contributed by atoms with Crippen LogP contribution in [0.2, 0.25) is 0 Å². The van der Waals surface area contributed by atoms with Gasteiger partial charge in [-0.3, -0.25) is 9.78 Å². The number of esters is 1. The second kappa shape index (κ2) is 12.6. The molecule has 3 aromatic rings. The molecule has 0 N–H and O–H groups in total. The molecule has 6 nitrogen and oxygen atoms in total. The molecule has 0 radical (unpaired) electrons. The number of halogens is 2. The molecule has 0 aliphatic rings. The van der Waals surface area contributed by atoms with Gasteiger partial charge in [-0.1, -0.05) is 32.9 Å². The molecule has 1 heterocycles. The number of hydrogen-bond donors (Lipinski definition) is 0. The quantitative estimate of drug-likeness (QED) is 0.253. The topological polar surface area (TPSA) is 64.5 Å². The van der Waals surface area contributed by atoms with Crippen molar-refractivity contribution >= 4 is 17.5 Å². The fourth-order valence-corrected chi connectivity index (χ4v) is 4.62. The van der Waals surface area contributed by atoms with Gasteiger partial charge in [0.2, 0.25) is 0 Å². The van der Waals surface area contributed by atoms with Gasteiger partial charge >= 0.3 is 5.97 Å². The summed E-state index contributed by atoms with van der Waals surface area (Å²) in [6.45, 7) is 6.44. The van der Waals surface area contributed by atoms with E-state index in [4.69, 9.17) is 19.4 Å². The number of benzene rings is 2. The highest BCUT2D eigenvalue weighted by molar-refractivity contribution is 5.69. The minimum atomic E-state index is -0.695. The Hall–Kier alpha value is -3.55. The van der Waals surface area contributed by atoms with E-state index in [9.17, 15) is 9.18 Å². The molecule has 3 rings (SSSR count). The Morgan fingerprint density at radius 3 is 2.30 bits per heavy atom. The molecule has 0 saturated heterocycles. The zero-order chi connectivity index (χ0) is 27.0. The molecule has 0 aliphatic carbocycles. The Morgan fingerprint density at radius 1 is 1.03 bits per heavy atom. The highest BCUT2D eigenvalue weighted by atomic mass is 19.1. The van der Waals surface area contributed by atoms with Crippen LogP contribution in [0.15, 0.2) is 48.7 Å². The van der Waals surface area contributed by atoms with Crippen molar-refractivity contribution in [2.75, 3.05) is 19.1 Å². The maximum absolute atomic E-state index is 15.1. The molecule has 8 heteroatoms. The first-order valence-electron chi connectivity index (χ1n) is 12.6. The maximum atomic E-state index is 15.1. The molecule has 37 heavy (non-hydrogen) atoms. The predicted molar refractivity (Wildman–Crippen MR) is 140 cm³/mol. The van der Waals surface area contributed by atoms with Crippen molar-refractivity contribution in [2.45, 2.75) is 64.8 Å². The van der Waals surface area contributed by atoms with E-state index in [-0.39, 0.29) is 24.6 Å². The van der Waals surface area contributed by atoms with Crippen molar-refractivity contribution in [1.82, 2.24) is 9.97 Å². The van der Waals surface area contributed by atoms with Crippen molar-refractivity contribution in [3.8, 4) is 5.75 Å². The average molecular weight is 512 g/mol. The van der Waals surface area contributed by atoms with E-state index in [1.54, 1.807) is 18.2 Å². The number of nitrogens with zero attached hydrogens (tertiary/aromatic N) is 3. The number of aromatic nitrogens is 2. The molecular formula is C29H35F2N3O3. The van der Waals surface area contributed by atoms with Gasteiger partial charge in [0, 0.05) is 24.4 Å². The summed E-state index contributed by atoms with van der Waals surface area (Å²) in [7, 11) is 2.98. The summed E-state index contributed by atoms with van der Waals surface area (Å²) in [4.78, 5) is 23.5. The van der Waals surface area contributed by atoms with Crippen LogP contribution >= 0.6 is 0 Å². The van der Waals surface area contributed by atoms with Crippen LogP contribution in [0.25, 0.3) is 0 Å². The monoisotopic (exact) mass is 511 g/mol. The number of methoxy groups -OCH3 is 2. The molecule has 198 valence electrons. The van der Waals surface area contributed by atoms with Crippen LogP contribution in [0.3, 0.4) is 0 Å². The Balaban J connectivity index is 2.14. The summed E-state index contributed by atoms with van der Waals surface area (Å²) in [6, 6.07) is 10.9. The number of anilines is 2. The van der Waals surface area contributed by atoms with Crippen LogP contribution in [0.4, 0.5) is 20.3 Å². The second-order valence-corrected chi connectivity index (χ2v) is 8.97. The molecule has 0 aliphatic heterocycles. The lowest BCUT2D eigenvalue weighted by molar-refractivity contribution is -0.141. The van der Waals surface area contributed by atoms with Gasteiger partial charge in [-0.05, 0) is 55.5 Å². The van der Waals surface area contributed by atoms with Crippen molar-refractivity contribution < 1.29 is 23.0 Å². The van der Waals surface area contributed by atoms with Gasteiger partial charge in [0.15, 0.2) is 5.82 Å². The van der Waals surface area contributed by atoms with Crippen molar-refractivity contribution in [3.05, 3.63) is 77.2 Å². The van der Waals surface area contributed by atoms with E-state index < -0.39 is 17.0 Å². The zero-order valence-corrected chi connectivity index (χ0v) is 22.2. The normalized spacial score (nSPS) is 11.3. The second-order valence-electron chi connectivity index (χ2n) is 8.97. The van der Waals surface area contributed by atoms with E-state index in [2.05, 4.69) is 13.8 Å². The fraction of sp³-hybridized carbons (Fsp3) is 0.414. The third kappa shape index (κ3) is 6.42. The lowest BCUT2D eigenvalue weighted by atomic mass is 9.74. The minimum absolute atomic E-state index is 0.190. The van der Waals surface area contributed by atoms with Crippen LogP contribution in [-0.4, -0.2) is 30.2 Å². The minimum Gasteiger partial charge on any atom is -0.497 e. The van der Waals surface area contributed by atoms with Gasteiger partial charge in [-0.2, -0.15) is 0 Å². The van der Waals surface area contributed by atoms with E-state index in [0.717, 1.165) is 35.9 Å². The molecular weight excluding hydrogens is 476 g/mol. The van der Waals surface area contributed by atoms with Crippen LogP contribution in [0, 0.1) is 11.6 Å². The molecule has 0 amide bonds. The van der Waals surface area contributed by atoms with Crippen LogP contribution in [-0.2, 0) is 27.9 Å². The predicted octanol–water partition coefficient (Wildman–Crippen LogP) is 6.68. The third-order valence-corrected chi connectivity index (χ3v) is 7.04. The van der Waals surface area contributed by atoms with Crippen LogP contribution in [0.1, 0.15) is 63.4 Å². The Morgan fingerprint density at radius 2 is 1.73 bits per heavy atom. The summed E-state index contributed by atoms with van der Waals surface area (Å²) in [5, 5.41) is 0. The summed E-state index contributed by atoms with van der Waals surface area (Å²) < 4.78 is 39.0. The van der Waals surface area contributed by atoms with Gasteiger partial charge in [0.25, 0.3) is 0 Å². The van der Waals surface area contributed by atoms with Gasteiger partial charge in [0.05, 0.1) is 37.5 Å². The molecule has 0 unspecified atom stereocenters. The van der Waals surface area contributed by atoms with Crippen molar-refractivity contribution in [3.63, 3.8) is 0 Å². The van der Waals surface area contributed by atoms with E-state index in [1.807, 2.05) is 31.2 Å². The summed E-state index contributed by atoms with van der Waals surface area (Å²) in [5.41, 5.74) is 2.30. The number of aryl methyl sites for hydroxylation is 1. The standard InChI is InChI=1S/C29H35F2N3O3/c1-6-24-28(29(7-2,8-3)16-15-27(35)37-5)33-26(18-32-24)34(25-14-11-21(30)17-23(25)31)19-20-9-12-22(36-4)13-10-20/h9-14,17-18H,6-8,15-16,19H2,1-5H3. The summed E-state index contributed by atoms with van der Waals surface area (Å²) >= 11 is 0. The molecule has 0 saturated carbocycles. The molecule has 0 spiro atoms. The molecule has 2 aromatic carbocycles. The third-order valence-electron chi connectivity index (χ3n) is 7.04. The smallest absolute Gasteiger partial charge is 0.305 e. The first kappa shape index (κ1) is 28.0. The highest BCUT2D eigenvalue weighted by Crippen LogP contribution is 2.39. The summed E-state index contributed by atoms with van der Waals surface area (Å²) in [6.07, 6.45) is 4.59. The Kier molecular flexibility index (Phi) is 9.55. The van der Waals surface area contributed by atoms with Crippen molar-refractivity contribution in [2.24, 2.45) is 0 Å². The Labute approximate surface area is 217 Å². The van der Waals surface area contributed by atoms with Gasteiger partial charge in [-0.15, -0.1) is 0 Å². The Bertz CT molecular complexity index is 1200. The van der Waals surface area contributed by atoms with E-state index in [1.165, 1.54) is 19.2 Å². The van der Waals surface area contributed by atoms with Gasteiger partial charge < -0.3 is 14.4 Å². The molecule has 1 aromatic heterocycles. The number of hydrogen-bond acceptors (Lipinski definition) is 6. The molecule has 0 fully saturated rings. The lowest BCUT2D eigenvalue weighted by Crippen LogP contribution is -2.30. The van der Waals surface area contributed by atoms with Crippen molar-refractivity contribution in [1.29, 1.82) is 0 Å². The lowest BCUT2D eigenvalue weighted by Gasteiger charge is -2.34. The van der Waals surface area contributed by atoms with E-state index in [0.29, 0.717) is 24.4 Å². The van der Waals surface area contributed by atoms with Gasteiger partial charge in [-0.25, -0.2) is 13.8 Å². The first-order chi connectivity index (χ1) is 17.8. The molecule has 0 bridgehead atoms. The molecule has 0 atom stereocenters. The van der Waals surface area contributed by atoms with Gasteiger partial charge in [0.1, 0.15) is 17.4 Å². The van der Waals surface area contributed by atoms with E-state index >= 15 is 4.39 Å². The van der Waals surface area contributed by atoms with Crippen LogP contribution < -0.4 is 9.64 Å². The SMILES string of the molecule is CCc1ncc(N(Cc2ccc(OC)cc2)c2ccc(F)cc2F)nc1C(CC)(CC)CCC(=O)OC. The number of carbonyl (C=O) groups is 1. The average Bonchev–Trinajstić information content (AvgIpc) is 2.93. The maximum Gasteiger partial charge on any atom is 0.305 e.